The smallest absolute Gasteiger partial charge is 0.268 e. The van der Waals surface area contributed by atoms with Gasteiger partial charge in [-0.1, -0.05) is 19.1 Å². The third kappa shape index (κ3) is 2.10. The molecule has 0 aliphatic carbocycles. The van der Waals surface area contributed by atoms with Gasteiger partial charge in [-0.05, 0) is 28.3 Å². The molecule has 1 saturated heterocycles. The fourth-order valence-corrected chi connectivity index (χ4v) is 3.37. The molecule has 1 atom stereocenters. The van der Waals surface area contributed by atoms with Crippen LogP contribution < -0.4 is 5.73 Å². The van der Waals surface area contributed by atoms with Crippen LogP contribution in [0.5, 0.6) is 0 Å². The van der Waals surface area contributed by atoms with Crippen molar-refractivity contribution in [2.75, 3.05) is 5.73 Å². The van der Waals surface area contributed by atoms with Gasteiger partial charge in [-0.25, -0.2) is 10.2 Å². The van der Waals surface area contributed by atoms with Gasteiger partial charge < -0.3 is 5.73 Å². The first kappa shape index (κ1) is 12.5. The van der Waals surface area contributed by atoms with E-state index in [1.165, 1.54) is 0 Å². The van der Waals surface area contributed by atoms with E-state index in [4.69, 9.17) is 11.0 Å². The number of rotatable bonds is 1. The number of hydrogen-bond donors (Lipinski definition) is 1. The van der Waals surface area contributed by atoms with Crippen molar-refractivity contribution in [1.82, 2.24) is 14.6 Å². The Morgan fingerprint density at radius 3 is 3.21 bits per heavy atom. The van der Waals surface area contributed by atoms with E-state index in [2.05, 4.69) is 32.0 Å². The lowest BCUT2D eigenvalue weighted by atomic mass is 9.41. The minimum atomic E-state index is 0.134. The summed E-state index contributed by atoms with van der Waals surface area (Å²) in [5.74, 6) is 3.25. The highest BCUT2D eigenvalue weighted by molar-refractivity contribution is 9.10. The molecule has 7 heteroatoms. The van der Waals surface area contributed by atoms with E-state index in [1.807, 2.05) is 6.07 Å². The molecular formula is C12H13BBrN5. The van der Waals surface area contributed by atoms with Crippen LogP contribution >= 0.6 is 15.9 Å². The van der Waals surface area contributed by atoms with Gasteiger partial charge in [0.15, 0.2) is 5.65 Å². The number of halogens is 1. The minimum absolute atomic E-state index is 0.134. The van der Waals surface area contributed by atoms with Crippen molar-refractivity contribution in [3.63, 3.8) is 0 Å². The predicted molar refractivity (Wildman–Crippen MR) is 78.1 cm³/mol. The van der Waals surface area contributed by atoms with Crippen LogP contribution in [0.4, 0.5) is 5.82 Å². The largest absolute Gasteiger partial charge is 0.383 e. The lowest BCUT2D eigenvalue weighted by molar-refractivity contribution is 0.611. The first-order valence-electron chi connectivity index (χ1n) is 6.39. The number of nitrogens with two attached hydrogens (primary N) is 1. The Morgan fingerprint density at radius 2 is 2.42 bits per heavy atom. The highest BCUT2D eigenvalue weighted by Crippen LogP contribution is 2.38. The predicted octanol–water partition coefficient (Wildman–Crippen LogP) is 2.51. The van der Waals surface area contributed by atoms with Crippen LogP contribution in [0, 0.1) is 11.2 Å². The van der Waals surface area contributed by atoms with Crippen molar-refractivity contribution in [3.05, 3.63) is 22.4 Å². The number of anilines is 1. The molecule has 0 aromatic carbocycles. The quantitative estimate of drug-likeness (QED) is 0.819. The minimum Gasteiger partial charge on any atom is -0.383 e. The number of aromatic nitrogens is 3. The number of nitriles is 1. The number of hydrogen-bond acceptors (Lipinski definition) is 4. The van der Waals surface area contributed by atoms with Crippen molar-refractivity contribution in [1.29, 1.82) is 5.26 Å². The van der Waals surface area contributed by atoms with E-state index >= 15 is 0 Å². The lowest BCUT2D eigenvalue weighted by Crippen LogP contribution is -2.21. The molecular weight excluding hydrogens is 305 g/mol. The molecule has 19 heavy (non-hydrogen) atoms. The van der Waals surface area contributed by atoms with Crippen molar-refractivity contribution in [2.45, 2.75) is 31.4 Å². The number of nitrogens with zero attached hydrogens (tertiary/aromatic N) is 4. The molecule has 2 N–H and O–H groups in total. The van der Waals surface area contributed by atoms with Crippen molar-refractivity contribution in [3.8, 4) is 5.97 Å². The fourth-order valence-electron chi connectivity index (χ4n) is 2.79. The second kappa shape index (κ2) is 4.85. The monoisotopic (exact) mass is 317 g/mol. The summed E-state index contributed by atoms with van der Waals surface area (Å²) >= 11 is 3.53. The average molecular weight is 318 g/mol. The van der Waals surface area contributed by atoms with Crippen LogP contribution in [0.25, 0.3) is 5.65 Å². The van der Waals surface area contributed by atoms with Crippen LogP contribution in [0.2, 0.25) is 12.6 Å². The second-order valence-corrected chi connectivity index (χ2v) is 5.78. The summed E-state index contributed by atoms with van der Waals surface area (Å²) in [5.41, 5.74) is 7.81. The molecule has 0 amide bonds. The Morgan fingerprint density at radius 1 is 1.58 bits per heavy atom. The van der Waals surface area contributed by atoms with E-state index in [0.29, 0.717) is 11.7 Å². The molecule has 1 aliphatic heterocycles. The van der Waals surface area contributed by atoms with Crippen LogP contribution in [0.15, 0.2) is 16.7 Å². The molecule has 3 rings (SSSR count). The maximum atomic E-state index is 9.10. The Labute approximate surface area is 120 Å². The summed E-state index contributed by atoms with van der Waals surface area (Å²) < 4.78 is 2.44. The fraction of sp³-hybridized carbons (Fsp3) is 0.417. The Kier molecular flexibility index (Phi) is 3.19. The van der Waals surface area contributed by atoms with Gasteiger partial charge in [0.2, 0.25) is 0 Å². The van der Waals surface area contributed by atoms with Gasteiger partial charge in [0.1, 0.15) is 5.82 Å². The molecule has 0 spiro atoms. The van der Waals surface area contributed by atoms with Crippen LogP contribution in [0.1, 0.15) is 24.5 Å². The Bertz CT molecular complexity index is 662. The van der Waals surface area contributed by atoms with E-state index < -0.39 is 0 Å². The zero-order valence-electron chi connectivity index (χ0n) is 10.4. The van der Waals surface area contributed by atoms with Gasteiger partial charge in [-0.2, -0.15) is 9.61 Å². The van der Waals surface area contributed by atoms with Crippen LogP contribution in [-0.2, 0) is 0 Å². The van der Waals surface area contributed by atoms with Gasteiger partial charge in [-0.3, -0.25) is 0 Å². The zero-order chi connectivity index (χ0) is 13.4. The molecule has 1 unspecified atom stereocenters. The normalized spacial score (nSPS) is 19.6. The maximum Gasteiger partial charge on any atom is 0.268 e. The number of fused-ring (bicyclic) bond motifs is 1. The SMILES string of the molecule is N#CB1CCCC(c2nc3ccnn3c(N)c2Br)C1. The summed E-state index contributed by atoms with van der Waals surface area (Å²) in [6.07, 6.45) is 5.68. The van der Waals surface area contributed by atoms with E-state index in [-0.39, 0.29) is 6.71 Å². The summed E-state index contributed by atoms with van der Waals surface area (Å²) in [4.78, 5) is 4.65. The highest BCUT2D eigenvalue weighted by atomic mass is 79.9. The molecule has 1 fully saturated rings. The molecule has 0 bridgehead atoms. The maximum absolute atomic E-state index is 9.10. The first-order valence-corrected chi connectivity index (χ1v) is 7.18. The summed E-state index contributed by atoms with van der Waals surface area (Å²) in [5, 5.41) is 13.2. The molecule has 2 aromatic rings. The van der Waals surface area contributed by atoms with Crippen LogP contribution in [0.3, 0.4) is 0 Å². The van der Waals surface area contributed by atoms with E-state index in [9.17, 15) is 0 Å². The van der Waals surface area contributed by atoms with Crippen molar-refractivity contribution < 1.29 is 0 Å². The summed E-state index contributed by atoms with van der Waals surface area (Å²) in [6, 6.07) is 1.84. The molecule has 96 valence electrons. The standard InChI is InChI=1S/C12H13BBrN5/c14-10-11(8-2-1-4-13(6-8)7-15)18-9-3-5-17-19(9)12(10)16/h3,5,8H,1-2,4,6,16H2. The molecule has 5 nitrogen and oxygen atoms in total. The molecule has 0 saturated carbocycles. The third-order valence-corrected chi connectivity index (χ3v) is 4.59. The average Bonchev–Trinajstić information content (AvgIpc) is 2.91. The number of nitrogen functional groups attached to an aromatic ring is 1. The zero-order valence-corrected chi connectivity index (χ0v) is 12.0. The summed E-state index contributed by atoms with van der Waals surface area (Å²) in [6.45, 7) is 0.134. The Hall–Kier alpha value is -1.55. The topological polar surface area (TPSA) is 80.0 Å². The second-order valence-electron chi connectivity index (χ2n) is 4.99. The van der Waals surface area contributed by atoms with Gasteiger partial charge in [-0.15, -0.1) is 0 Å². The Balaban J connectivity index is 2.04. The van der Waals surface area contributed by atoms with Gasteiger partial charge in [0.05, 0.1) is 16.4 Å². The van der Waals surface area contributed by atoms with E-state index in [1.54, 1.807) is 10.7 Å². The van der Waals surface area contributed by atoms with E-state index in [0.717, 1.165) is 41.3 Å². The van der Waals surface area contributed by atoms with Crippen molar-refractivity contribution >= 4 is 34.1 Å². The summed E-state index contributed by atoms with van der Waals surface area (Å²) in [7, 11) is 0. The van der Waals surface area contributed by atoms with Crippen molar-refractivity contribution in [2.24, 2.45) is 0 Å². The lowest BCUT2D eigenvalue weighted by Gasteiger charge is -2.24. The van der Waals surface area contributed by atoms with Gasteiger partial charge in [0.25, 0.3) is 6.71 Å². The first-order chi connectivity index (χ1) is 9.20. The van der Waals surface area contributed by atoms with Crippen LogP contribution in [-0.4, -0.2) is 21.3 Å². The molecule has 2 aromatic heterocycles. The van der Waals surface area contributed by atoms with Gasteiger partial charge in [0, 0.05) is 12.0 Å². The molecule has 0 radical (unpaired) electrons. The molecule has 1 aliphatic rings. The van der Waals surface area contributed by atoms with Gasteiger partial charge >= 0.3 is 0 Å². The molecule has 3 heterocycles. The third-order valence-electron chi connectivity index (χ3n) is 3.78. The highest BCUT2D eigenvalue weighted by Gasteiger charge is 2.29.